The molecule has 0 atom stereocenters. The van der Waals surface area contributed by atoms with Gasteiger partial charge in [0.05, 0.1) is 11.0 Å². The molecule has 53 heavy (non-hydrogen) atoms. The molecule has 10 aromatic rings. The van der Waals surface area contributed by atoms with Gasteiger partial charge in [-0.1, -0.05) is 146 Å². The third-order valence-electron chi connectivity index (χ3n) is 10.6. The van der Waals surface area contributed by atoms with Crippen LogP contribution in [0, 0.1) is 0 Å². The van der Waals surface area contributed by atoms with Crippen molar-refractivity contribution in [3.8, 4) is 73.2 Å². The molecule has 0 spiro atoms. The Labute approximate surface area is 306 Å². The number of hydrogen-bond donors (Lipinski definition) is 0. The lowest BCUT2D eigenvalue weighted by atomic mass is 9.93. The van der Waals surface area contributed by atoms with E-state index in [0.717, 1.165) is 33.5 Å². The smallest absolute Gasteiger partial charge is 0.164 e. The standard InChI is InChI=1S/C49H30N4/c1-3-13-31(14-4-1)36-18-7-10-21-41(36)49-51-47(33-15-5-2-6-16-33)50-48(52-49)34-25-28-35(29-26-34)53-42-24-12-23-40-38-20-9-8-19-37(38)39-22-11-17-32-27-30-43(53)46(44(32)39)45(40)42/h1-30H. The molecule has 0 N–H and O–H groups in total. The SMILES string of the molecule is c1ccc(-c2nc(-c3ccc(-n4c5cccc6c5c5c7c(cccc7ccc54)-c4ccccc4-6)cc3)nc(-c3ccccc3-c3ccccc3)n2)cc1. The van der Waals surface area contributed by atoms with E-state index < -0.39 is 0 Å². The Balaban J connectivity index is 1.10. The second-order valence-corrected chi connectivity index (χ2v) is 13.6. The van der Waals surface area contributed by atoms with E-state index in [-0.39, 0.29) is 0 Å². The van der Waals surface area contributed by atoms with Gasteiger partial charge in [0.15, 0.2) is 17.5 Å². The summed E-state index contributed by atoms with van der Waals surface area (Å²) >= 11 is 0. The Morgan fingerprint density at radius 3 is 1.49 bits per heavy atom. The Kier molecular flexibility index (Phi) is 6.52. The lowest BCUT2D eigenvalue weighted by Crippen LogP contribution is -2.01. The zero-order valence-corrected chi connectivity index (χ0v) is 28.6. The molecule has 2 heterocycles. The van der Waals surface area contributed by atoms with E-state index in [2.05, 4.69) is 144 Å². The molecule has 4 heteroatoms. The third-order valence-corrected chi connectivity index (χ3v) is 10.6. The van der Waals surface area contributed by atoms with Gasteiger partial charge in [-0.15, -0.1) is 0 Å². The summed E-state index contributed by atoms with van der Waals surface area (Å²) < 4.78 is 2.41. The fourth-order valence-electron chi connectivity index (χ4n) is 8.26. The molecule has 0 saturated heterocycles. The molecular weight excluding hydrogens is 645 g/mol. The van der Waals surface area contributed by atoms with E-state index in [1.807, 2.05) is 42.5 Å². The van der Waals surface area contributed by atoms with Gasteiger partial charge >= 0.3 is 0 Å². The van der Waals surface area contributed by atoms with Crippen LogP contribution in [-0.2, 0) is 0 Å². The first-order chi connectivity index (χ1) is 26.3. The maximum absolute atomic E-state index is 5.13. The second-order valence-electron chi connectivity index (χ2n) is 13.6. The van der Waals surface area contributed by atoms with E-state index in [4.69, 9.17) is 15.0 Å². The Morgan fingerprint density at radius 1 is 0.283 bits per heavy atom. The summed E-state index contributed by atoms with van der Waals surface area (Å²) in [4.78, 5) is 15.2. The summed E-state index contributed by atoms with van der Waals surface area (Å²) in [6, 6.07) is 64.3. The number of benzene rings is 8. The molecule has 0 aliphatic heterocycles. The van der Waals surface area contributed by atoms with Gasteiger partial charge in [-0.25, -0.2) is 15.0 Å². The van der Waals surface area contributed by atoms with Gasteiger partial charge in [-0.3, -0.25) is 0 Å². The van der Waals surface area contributed by atoms with E-state index in [9.17, 15) is 0 Å². The van der Waals surface area contributed by atoms with Gasteiger partial charge in [0.2, 0.25) is 0 Å². The Morgan fingerprint density at radius 2 is 0.792 bits per heavy atom. The number of hydrogen-bond acceptors (Lipinski definition) is 3. The van der Waals surface area contributed by atoms with Crippen LogP contribution in [0.5, 0.6) is 0 Å². The predicted octanol–water partition coefficient (Wildman–Crippen LogP) is 12.4. The molecule has 11 rings (SSSR count). The lowest BCUT2D eigenvalue weighted by molar-refractivity contribution is 1.07. The number of fused-ring (bicyclic) bond motifs is 3. The van der Waals surface area contributed by atoms with Gasteiger partial charge in [0.1, 0.15) is 0 Å². The molecule has 8 aromatic carbocycles. The van der Waals surface area contributed by atoms with E-state index in [0.29, 0.717) is 17.5 Å². The number of rotatable bonds is 5. The third kappa shape index (κ3) is 4.59. The molecule has 0 fully saturated rings. The van der Waals surface area contributed by atoms with Crippen LogP contribution >= 0.6 is 0 Å². The predicted molar refractivity (Wildman–Crippen MR) is 218 cm³/mol. The van der Waals surface area contributed by atoms with Crippen LogP contribution in [0.2, 0.25) is 0 Å². The normalized spacial score (nSPS) is 11.8. The number of aromatic nitrogens is 4. The molecule has 0 radical (unpaired) electrons. The van der Waals surface area contributed by atoms with Gasteiger partial charge < -0.3 is 4.57 Å². The topological polar surface area (TPSA) is 43.6 Å². The van der Waals surface area contributed by atoms with Crippen LogP contribution in [0.3, 0.4) is 0 Å². The summed E-state index contributed by atoms with van der Waals surface area (Å²) in [7, 11) is 0. The van der Waals surface area contributed by atoms with Gasteiger partial charge in [-0.2, -0.15) is 0 Å². The van der Waals surface area contributed by atoms with E-state index >= 15 is 0 Å². The van der Waals surface area contributed by atoms with Crippen LogP contribution in [0.15, 0.2) is 182 Å². The zero-order chi connectivity index (χ0) is 34.9. The highest BCUT2D eigenvalue weighted by molar-refractivity contribution is 6.30. The quantitative estimate of drug-likeness (QED) is 0.182. The average molecular weight is 675 g/mol. The summed E-state index contributed by atoms with van der Waals surface area (Å²) in [5, 5.41) is 5.16. The van der Waals surface area contributed by atoms with Crippen molar-refractivity contribution in [3.05, 3.63) is 182 Å². The van der Waals surface area contributed by atoms with Crippen molar-refractivity contribution in [2.24, 2.45) is 0 Å². The highest BCUT2D eigenvalue weighted by atomic mass is 15.0. The van der Waals surface area contributed by atoms with Crippen molar-refractivity contribution in [1.29, 1.82) is 0 Å². The first-order valence-corrected chi connectivity index (χ1v) is 18.0. The fourth-order valence-corrected chi connectivity index (χ4v) is 8.26. The van der Waals surface area contributed by atoms with Crippen molar-refractivity contribution in [1.82, 2.24) is 19.5 Å². The molecule has 0 saturated carbocycles. The summed E-state index contributed by atoms with van der Waals surface area (Å²) in [6.45, 7) is 0. The zero-order valence-electron chi connectivity index (χ0n) is 28.6. The van der Waals surface area contributed by atoms with Crippen LogP contribution in [0.4, 0.5) is 0 Å². The minimum Gasteiger partial charge on any atom is -0.309 e. The van der Waals surface area contributed by atoms with Crippen LogP contribution in [0.25, 0.3) is 106 Å². The Bertz CT molecular complexity index is 3040. The van der Waals surface area contributed by atoms with Gasteiger partial charge in [0.25, 0.3) is 0 Å². The van der Waals surface area contributed by atoms with Crippen molar-refractivity contribution < 1.29 is 0 Å². The van der Waals surface area contributed by atoms with Crippen LogP contribution in [-0.4, -0.2) is 19.5 Å². The maximum atomic E-state index is 5.13. The summed E-state index contributed by atoms with van der Waals surface area (Å²) in [5.74, 6) is 1.92. The van der Waals surface area contributed by atoms with Crippen molar-refractivity contribution in [2.45, 2.75) is 0 Å². The molecule has 0 amide bonds. The molecule has 1 aliphatic carbocycles. The second kappa shape index (κ2) is 11.7. The van der Waals surface area contributed by atoms with Crippen LogP contribution in [0.1, 0.15) is 0 Å². The summed E-state index contributed by atoms with van der Waals surface area (Å²) in [5.41, 5.74) is 13.6. The first kappa shape index (κ1) is 29.5. The van der Waals surface area contributed by atoms with Gasteiger partial charge in [-0.05, 0) is 80.6 Å². The highest BCUT2D eigenvalue weighted by Gasteiger charge is 2.24. The monoisotopic (exact) mass is 674 g/mol. The highest BCUT2D eigenvalue weighted by Crippen LogP contribution is 2.49. The largest absolute Gasteiger partial charge is 0.309 e. The first-order valence-electron chi connectivity index (χ1n) is 18.0. The molecular formula is C49H30N4. The van der Waals surface area contributed by atoms with Crippen molar-refractivity contribution in [2.75, 3.05) is 0 Å². The summed E-state index contributed by atoms with van der Waals surface area (Å²) in [6.07, 6.45) is 0. The van der Waals surface area contributed by atoms with Crippen molar-refractivity contribution >= 4 is 32.6 Å². The van der Waals surface area contributed by atoms with Crippen molar-refractivity contribution in [3.63, 3.8) is 0 Å². The van der Waals surface area contributed by atoms with E-state index in [1.165, 1.54) is 54.8 Å². The average Bonchev–Trinajstić information content (AvgIpc) is 3.52. The maximum Gasteiger partial charge on any atom is 0.164 e. The molecule has 4 nitrogen and oxygen atoms in total. The fraction of sp³-hybridized carbons (Fsp3) is 0. The molecule has 1 aliphatic rings. The minimum atomic E-state index is 0.634. The lowest BCUT2D eigenvalue weighted by Gasteiger charge is -2.14. The van der Waals surface area contributed by atoms with Crippen LogP contribution < -0.4 is 0 Å². The van der Waals surface area contributed by atoms with E-state index in [1.54, 1.807) is 0 Å². The molecule has 0 unspecified atom stereocenters. The molecule has 2 aromatic heterocycles. The number of nitrogens with zero attached hydrogens (tertiary/aromatic N) is 4. The minimum absolute atomic E-state index is 0.634. The molecule has 0 bridgehead atoms. The molecule has 246 valence electrons. The Hall–Kier alpha value is -7.17. The van der Waals surface area contributed by atoms with Gasteiger partial charge in [0, 0.05) is 33.2 Å².